The molecule has 0 aliphatic carbocycles. The third-order valence-corrected chi connectivity index (χ3v) is 2.54. The van der Waals surface area contributed by atoms with Crippen LogP contribution in [0, 0.1) is 5.41 Å². The lowest BCUT2D eigenvalue weighted by Gasteiger charge is -2.38. The molecule has 0 aromatic carbocycles. The Hall–Kier alpha value is -0.610. The fourth-order valence-corrected chi connectivity index (χ4v) is 1.31. The fraction of sp³-hybridized carbons (Fsp3) is 0.889. The van der Waals surface area contributed by atoms with Crippen LogP contribution in [0.3, 0.4) is 0 Å². The minimum absolute atomic E-state index is 0.0645. The standard InChI is InChI=1S/C9H17NO3/c1-2-9(6-13-7-9)8(12)10-4-3-5-11/h11H,2-7H2,1H3,(H,10,12). The molecule has 0 radical (unpaired) electrons. The van der Waals surface area contributed by atoms with Crippen LogP contribution in [-0.2, 0) is 9.53 Å². The number of aliphatic hydroxyl groups is 1. The Bertz CT molecular complexity index is 172. The van der Waals surface area contributed by atoms with E-state index in [1.807, 2.05) is 6.92 Å². The first kappa shape index (κ1) is 10.5. The van der Waals surface area contributed by atoms with Crippen LogP contribution in [0.25, 0.3) is 0 Å². The monoisotopic (exact) mass is 187 g/mol. The molecule has 0 atom stereocenters. The van der Waals surface area contributed by atoms with Gasteiger partial charge in [0.15, 0.2) is 0 Å². The highest BCUT2D eigenvalue weighted by Crippen LogP contribution is 2.31. The van der Waals surface area contributed by atoms with E-state index in [1.54, 1.807) is 0 Å². The van der Waals surface area contributed by atoms with Crippen molar-refractivity contribution in [3.8, 4) is 0 Å². The summed E-state index contributed by atoms with van der Waals surface area (Å²) in [4.78, 5) is 11.6. The average molecular weight is 187 g/mol. The first-order valence-electron chi connectivity index (χ1n) is 4.72. The zero-order chi connectivity index (χ0) is 9.73. The highest BCUT2D eigenvalue weighted by atomic mass is 16.5. The summed E-state index contributed by atoms with van der Waals surface area (Å²) >= 11 is 0. The molecule has 2 N–H and O–H groups in total. The number of hydrogen-bond acceptors (Lipinski definition) is 3. The van der Waals surface area contributed by atoms with E-state index in [-0.39, 0.29) is 17.9 Å². The Morgan fingerprint density at radius 1 is 1.62 bits per heavy atom. The molecule has 1 saturated heterocycles. The highest BCUT2D eigenvalue weighted by molar-refractivity contribution is 5.83. The maximum Gasteiger partial charge on any atom is 0.230 e. The Balaban J connectivity index is 2.28. The van der Waals surface area contributed by atoms with E-state index in [1.165, 1.54) is 0 Å². The van der Waals surface area contributed by atoms with Crippen LogP contribution in [0.1, 0.15) is 19.8 Å². The smallest absolute Gasteiger partial charge is 0.230 e. The second-order valence-corrected chi connectivity index (χ2v) is 3.46. The van der Waals surface area contributed by atoms with Gasteiger partial charge in [-0.2, -0.15) is 0 Å². The number of nitrogens with one attached hydrogen (secondary N) is 1. The molecule has 1 aliphatic heterocycles. The fourth-order valence-electron chi connectivity index (χ4n) is 1.31. The lowest BCUT2D eigenvalue weighted by molar-refractivity contribution is -0.162. The van der Waals surface area contributed by atoms with Crippen molar-refractivity contribution in [2.45, 2.75) is 19.8 Å². The average Bonchev–Trinajstić information content (AvgIpc) is 2.04. The van der Waals surface area contributed by atoms with Crippen molar-refractivity contribution in [2.75, 3.05) is 26.4 Å². The Labute approximate surface area is 78.3 Å². The summed E-state index contributed by atoms with van der Waals surface area (Å²) in [6.45, 7) is 3.74. The van der Waals surface area contributed by atoms with Gasteiger partial charge in [0.1, 0.15) is 0 Å². The van der Waals surface area contributed by atoms with Crippen LogP contribution in [0.4, 0.5) is 0 Å². The van der Waals surface area contributed by atoms with E-state index in [0.29, 0.717) is 26.2 Å². The summed E-state index contributed by atoms with van der Waals surface area (Å²) in [5.41, 5.74) is -0.282. The lowest BCUT2D eigenvalue weighted by Crippen LogP contribution is -2.53. The number of carbonyl (C=O) groups is 1. The van der Waals surface area contributed by atoms with Crippen molar-refractivity contribution < 1.29 is 14.6 Å². The summed E-state index contributed by atoms with van der Waals surface area (Å²) in [5.74, 6) is 0.0645. The van der Waals surface area contributed by atoms with Crippen molar-refractivity contribution >= 4 is 5.91 Å². The Morgan fingerprint density at radius 3 is 2.69 bits per heavy atom. The molecule has 76 valence electrons. The number of carbonyl (C=O) groups excluding carboxylic acids is 1. The number of aliphatic hydroxyl groups excluding tert-OH is 1. The van der Waals surface area contributed by atoms with Gasteiger partial charge < -0.3 is 15.2 Å². The molecule has 0 saturated carbocycles. The van der Waals surface area contributed by atoms with E-state index in [2.05, 4.69) is 5.32 Å². The van der Waals surface area contributed by atoms with Gasteiger partial charge in [-0.25, -0.2) is 0 Å². The molecule has 0 unspecified atom stereocenters. The van der Waals surface area contributed by atoms with E-state index >= 15 is 0 Å². The Kier molecular flexibility index (Phi) is 3.69. The first-order valence-corrected chi connectivity index (χ1v) is 4.72. The predicted octanol–water partition coefficient (Wildman–Crippen LogP) is -0.0884. The molecule has 0 aromatic heterocycles. The van der Waals surface area contributed by atoms with Gasteiger partial charge in [-0.1, -0.05) is 6.92 Å². The summed E-state index contributed by atoms with van der Waals surface area (Å²) in [5, 5.41) is 11.3. The molecule has 4 nitrogen and oxygen atoms in total. The van der Waals surface area contributed by atoms with Crippen LogP contribution in [0.2, 0.25) is 0 Å². The lowest BCUT2D eigenvalue weighted by atomic mass is 9.82. The second-order valence-electron chi connectivity index (χ2n) is 3.46. The molecule has 0 spiro atoms. The van der Waals surface area contributed by atoms with E-state index in [4.69, 9.17) is 9.84 Å². The summed E-state index contributed by atoms with van der Waals surface area (Å²) in [6, 6.07) is 0. The van der Waals surface area contributed by atoms with Crippen molar-refractivity contribution in [2.24, 2.45) is 5.41 Å². The second kappa shape index (κ2) is 4.58. The topological polar surface area (TPSA) is 58.6 Å². The minimum atomic E-state index is -0.282. The molecule has 1 amide bonds. The molecule has 13 heavy (non-hydrogen) atoms. The van der Waals surface area contributed by atoms with Gasteiger partial charge in [0, 0.05) is 13.2 Å². The van der Waals surface area contributed by atoms with Crippen LogP contribution >= 0.6 is 0 Å². The van der Waals surface area contributed by atoms with E-state index in [9.17, 15) is 4.79 Å². The normalized spacial score (nSPS) is 19.2. The van der Waals surface area contributed by atoms with Gasteiger partial charge in [-0.05, 0) is 12.8 Å². The van der Waals surface area contributed by atoms with E-state index < -0.39 is 0 Å². The van der Waals surface area contributed by atoms with Gasteiger partial charge in [0.2, 0.25) is 5.91 Å². The number of rotatable bonds is 5. The number of ether oxygens (including phenoxy) is 1. The SMILES string of the molecule is CCC1(C(=O)NCCCO)COC1. The van der Waals surface area contributed by atoms with Crippen molar-refractivity contribution in [1.29, 1.82) is 0 Å². The zero-order valence-corrected chi connectivity index (χ0v) is 8.01. The predicted molar refractivity (Wildman–Crippen MR) is 48.3 cm³/mol. The summed E-state index contributed by atoms with van der Waals surface area (Å²) in [6.07, 6.45) is 1.43. The molecule has 4 heteroatoms. The van der Waals surface area contributed by atoms with Crippen molar-refractivity contribution in [3.05, 3.63) is 0 Å². The molecule has 1 heterocycles. The van der Waals surface area contributed by atoms with E-state index in [0.717, 1.165) is 6.42 Å². The van der Waals surface area contributed by atoms with Gasteiger partial charge in [-0.3, -0.25) is 4.79 Å². The Morgan fingerprint density at radius 2 is 2.31 bits per heavy atom. The van der Waals surface area contributed by atoms with Crippen molar-refractivity contribution in [3.63, 3.8) is 0 Å². The molecule has 1 rings (SSSR count). The summed E-state index contributed by atoms with van der Waals surface area (Å²) in [7, 11) is 0. The molecular formula is C9H17NO3. The van der Waals surface area contributed by atoms with Crippen LogP contribution in [-0.4, -0.2) is 37.4 Å². The maximum atomic E-state index is 11.6. The molecule has 0 bridgehead atoms. The van der Waals surface area contributed by atoms with Crippen LogP contribution < -0.4 is 5.32 Å². The largest absolute Gasteiger partial charge is 0.396 e. The molecule has 1 fully saturated rings. The van der Waals surface area contributed by atoms with Gasteiger partial charge in [0.25, 0.3) is 0 Å². The zero-order valence-electron chi connectivity index (χ0n) is 8.01. The third-order valence-electron chi connectivity index (χ3n) is 2.54. The third kappa shape index (κ3) is 2.19. The quantitative estimate of drug-likeness (QED) is 0.591. The molecular weight excluding hydrogens is 170 g/mol. The number of amides is 1. The van der Waals surface area contributed by atoms with Gasteiger partial charge in [-0.15, -0.1) is 0 Å². The van der Waals surface area contributed by atoms with Crippen LogP contribution in [0.15, 0.2) is 0 Å². The van der Waals surface area contributed by atoms with Crippen molar-refractivity contribution in [1.82, 2.24) is 5.32 Å². The maximum absolute atomic E-state index is 11.6. The van der Waals surface area contributed by atoms with Crippen LogP contribution in [0.5, 0.6) is 0 Å². The highest BCUT2D eigenvalue weighted by Gasteiger charge is 2.43. The number of hydrogen-bond donors (Lipinski definition) is 2. The molecule has 0 aromatic rings. The van der Waals surface area contributed by atoms with Gasteiger partial charge >= 0.3 is 0 Å². The minimum Gasteiger partial charge on any atom is -0.396 e. The van der Waals surface area contributed by atoms with Gasteiger partial charge in [0.05, 0.1) is 18.6 Å². The first-order chi connectivity index (χ1) is 6.25. The summed E-state index contributed by atoms with van der Waals surface area (Å²) < 4.78 is 5.05. The molecule has 1 aliphatic rings.